The molecule has 0 fully saturated rings. The van der Waals surface area contributed by atoms with Gasteiger partial charge in [0.05, 0.1) is 20.3 Å². The summed E-state index contributed by atoms with van der Waals surface area (Å²) in [6, 6.07) is 6.01. The lowest BCUT2D eigenvalue weighted by molar-refractivity contribution is 0.177. The Bertz CT molecular complexity index is 504. The van der Waals surface area contributed by atoms with Crippen LogP contribution in [0.25, 0.3) is 0 Å². The number of aryl methyl sites for hydroxylation is 1. The smallest absolute Gasteiger partial charge is 0.125 e. The van der Waals surface area contributed by atoms with Gasteiger partial charge in [0.15, 0.2) is 0 Å². The first-order valence-corrected chi connectivity index (χ1v) is 10.1. The predicted molar refractivity (Wildman–Crippen MR) is 109 cm³/mol. The Kier molecular flexibility index (Phi) is 10.7. The van der Waals surface area contributed by atoms with E-state index in [1.54, 1.807) is 7.11 Å². The van der Waals surface area contributed by atoms with Gasteiger partial charge in [0.1, 0.15) is 11.5 Å². The summed E-state index contributed by atoms with van der Waals surface area (Å²) < 4.78 is 11.4. The van der Waals surface area contributed by atoms with Gasteiger partial charge in [0.25, 0.3) is 0 Å². The van der Waals surface area contributed by atoms with Crippen LogP contribution in [-0.2, 0) is 6.42 Å². The van der Waals surface area contributed by atoms with E-state index in [4.69, 9.17) is 15.2 Å². The zero-order chi connectivity index (χ0) is 19.4. The van der Waals surface area contributed by atoms with Gasteiger partial charge in [-0.25, -0.2) is 0 Å². The molecule has 4 nitrogen and oxygen atoms in total. The highest BCUT2D eigenvalue weighted by Gasteiger charge is 2.23. The van der Waals surface area contributed by atoms with Crippen LogP contribution < -0.4 is 15.2 Å². The molecular weight excluding hydrogens is 326 g/mol. The molecule has 0 saturated carbocycles. The Morgan fingerprint density at radius 3 is 2.54 bits per heavy atom. The summed E-state index contributed by atoms with van der Waals surface area (Å²) in [6.45, 7) is 7.38. The van der Waals surface area contributed by atoms with Gasteiger partial charge in [-0.05, 0) is 43.2 Å². The molecule has 0 radical (unpaired) electrons. The van der Waals surface area contributed by atoms with Gasteiger partial charge in [-0.2, -0.15) is 0 Å². The first-order chi connectivity index (χ1) is 12.4. The van der Waals surface area contributed by atoms with E-state index in [1.807, 2.05) is 12.1 Å². The highest BCUT2D eigenvalue weighted by atomic mass is 16.5. The average Bonchev–Trinajstić information content (AvgIpc) is 2.63. The summed E-state index contributed by atoms with van der Waals surface area (Å²) in [4.78, 5) is 0. The van der Waals surface area contributed by atoms with E-state index in [-0.39, 0.29) is 6.61 Å². The first kappa shape index (κ1) is 22.8. The summed E-state index contributed by atoms with van der Waals surface area (Å²) >= 11 is 0. The molecular formula is C22H39NO3. The molecule has 4 heteroatoms. The second-order valence-corrected chi connectivity index (χ2v) is 7.84. The lowest BCUT2D eigenvalue weighted by Gasteiger charge is -2.27. The van der Waals surface area contributed by atoms with Crippen molar-refractivity contribution >= 4 is 0 Å². The monoisotopic (exact) mass is 365 g/mol. The number of hydrogen-bond donors (Lipinski definition) is 2. The van der Waals surface area contributed by atoms with Crippen LogP contribution in [0.4, 0.5) is 0 Å². The van der Waals surface area contributed by atoms with Crippen LogP contribution in [0.3, 0.4) is 0 Å². The Balaban J connectivity index is 2.51. The summed E-state index contributed by atoms with van der Waals surface area (Å²) in [7, 11) is 1.68. The van der Waals surface area contributed by atoms with E-state index in [9.17, 15) is 5.11 Å². The Morgan fingerprint density at radius 2 is 1.92 bits per heavy atom. The fourth-order valence-electron chi connectivity index (χ4n) is 3.21. The molecule has 0 spiro atoms. The van der Waals surface area contributed by atoms with E-state index in [2.05, 4.69) is 26.8 Å². The highest BCUT2D eigenvalue weighted by molar-refractivity contribution is 5.41. The van der Waals surface area contributed by atoms with Crippen LogP contribution in [-0.4, -0.2) is 31.0 Å². The minimum absolute atomic E-state index is 0.0150. The third kappa shape index (κ3) is 8.41. The first-order valence-electron chi connectivity index (χ1n) is 10.1. The second-order valence-electron chi connectivity index (χ2n) is 7.84. The molecule has 0 bridgehead atoms. The molecule has 0 aliphatic heterocycles. The van der Waals surface area contributed by atoms with Crippen LogP contribution in [0, 0.1) is 5.92 Å². The van der Waals surface area contributed by atoms with Gasteiger partial charge in [0.2, 0.25) is 0 Å². The van der Waals surface area contributed by atoms with Gasteiger partial charge in [-0.15, -0.1) is 0 Å². The summed E-state index contributed by atoms with van der Waals surface area (Å²) in [6.07, 6.45) is 8.18. The van der Waals surface area contributed by atoms with Crippen molar-refractivity contribution in [2.24, 2.45) is 11.7 Å². The zero-order valence-electron chi connectivity index (χ0n) is 17.2. The van der Waals surface area contributed by atoms with Crippen molar-refractivity contribution in [3.63, 3.8) is 0 Å². The number of nitrogens with two attached hydrogens (primary N) is 1. The number of unbranched alkanes of at least 4 members (excludes halogenated alkanes) is 2. The highest BCUT2D eigenvalue weighted by Crippen LogP contribution is 2.28. The minimum Gasteiger partial charge on any atom is -0.496 e. The predicted octanol–water partition coefficient (Wildman–Crippen LogP) is 4.71. The largest absolute Gasteiger partial charge is 0.496 e. The van der Waals surface area contributed by atoms with E-state index >= 15 is 0 Å². The fourth-order valence-corrected chi connectivity index (χ4v) is 3.21. The van der Waals surface area contributed by atoms with Crippen LogP contribution in [0.2, 0.25) is 0 Å². The number of aliphatic hydroxyl groups excluding tert-OH is 1. The summed E-state index contributed by atoms with van der Waals surface area (Å²) in [5, 5.41) is 9.58. The van der Waals surface area contributed by atoms with Crippen molar-refractivity contribution < 1.29 is 14.6 Å². The Labute approximate surface area is 160 Å². The van der Waals surface area contributed by atoms with Crippen LogP contribution in [0.15, 0.2) is 18.2 Å². The lowest BCUT2D eigenvalue weighted by atomic mass is 9.88. The van der Waals surface area contributed by atoms with E-state index in [0.717, 1.165) is 61.7 Å². The average molecular weight is 366 g/mol. The topological polar surface area (TPSA) is 64.7 Å². The van der Waals surface area contributed by atoms with Gasteiger partial charge in [-0.3, -0.25) is 0 Å². The normalized spacial score (nSPS) is 13.7. The van der Waals surface area contributed by atoms with Crippen molar-refractivity contribution in [2.45, 2.75) is 77.7 Å². The molecule has 0 aliphatic carbocycles. The number of rotatable bonds is 14. The number of benzene rings is 1. The molecule has 0 heterocycles. The number of methoxy groups -OCH3 is 1. The number of hydrogen-bond acceptors (Lipinski definition) is 4. The molecule has 0 amide bonds. The maximum Gasteiger partial charge on any atom is 0.125 e. The van der Waals surface area contributed by atoms with Gasteiger partial charge in [-0.1, -0.05) is 52.5 Å². The third-order valence-corrected chi connectivity index (χ3v) is 4.91. The van der Waals surface area contributed by atoms with Crippen LogP contribution in [0.1, 0.15) is 71.3 Å². The summed E-state index contributed by atoms with van der Waals surface area (Å²) in [5.41, 5.74) is 6.88. The number of ether oxygens (including phenoxy) is 2. The van der Waals surface area contributed by atoms with E-state index in [1.165, 1.54) is 19.3 Å². The summed E-state index contributed by atoms with van der Waals surface area (Å²) in [5.74, 6) is 2.46. The van der Waals surface area contributed by atoms with Gasteiger partial charge < -0.3 is 20.3 Å². The molecule has 0 unspecified atom stereocenters. The molecule has 1 aromatic carbocycles. The van der Waals surface area contributed by atoms with Gasteiger partial charge >= 0.3 is 0 Å². The van der Waals surface area contributed by atoms with Gasteiger partial charge in [0, 0.05) is 11.6 Å². The van der Waals surface area contributed by atoms with Crippen LogP contribution >= 0.6 is 0 Å². The van der Waals surface area contributed by atoms with Crippen molar-refractivity contribution in [2.75, 3.05) is 20.3 Å². The SMILES string of the molecule is CCC[C@@](N)(CO)CCc1ccc(OCCCCCC(C)C)cc1OC. The van der Waals surface area contributed by atoms with E-state index in [0.29, 0.717) is 0 Å². The molecule has 0 saturated heterocycles. The Morgan fingerprint density at radius 1 is 1.15 bits per heavy atom. The molecule has 3 N–H and O–H groups in total. The maximum absolute atomic E-state index is 9.58. The molecule has 26 heavy (non-hydrogen) atoms. The third-order valence-electron chi connectivity index (χ3n) is 4.91. The quantitative estimate of drug-likeness (QED) is 0.469. The molecule has 1 rings (SSSR count). The molecule has 0 aromatic heterocycles. The Hall–Kier alpha value is -1.26. The van der Waals surface area contributed by atoms with Crippen molar-refractivity contribution in [3.8, 4) is 11.5 Å². The lowest BCUT2D eigenvalue weighted by Crippen LogP contribution is -2.43. The molecule has 1 aromatic rings. The number of aliphatic hydroxyl groups is 1. The fraction of sp³-hybridized carbons (Fsp3) is 0.727. The minimum atomic E-state index is -0.509. The van der Waals surface area contributed by atoms with E-state index < -0.39 is 5.54 Å². The van der Waals surface area contributed by atoms with Crippen molar-refractivity contribution in [3.05, 3.63) is 23.8 Å². The van der Waals surface area contributed by atoms with Crippen molar-refractivity contribution in [1.82, 2.24) is 0 Å². The molecule has 0 aliphatic rings. The maximum atomic E-state index is 9.58. The van der Waals surface area contributed by atoms with Crippen molar-refractivity contribution in [1.29, 1.82) is 0 Å². The standard InChI is InChI=1S/C22H39NO3/c1-5-13-22(23,17-24)14-12-19-10-11-20(16-21(19)25-4)26-15-8-6-7-9-18(2)3/h10-11,16,18,24H,5-9,12-15,17,23H2,1-4H3/t22-/m0/s1. The second kappa shape index (κ2) is 12.2. The molecule has 150 valence electrons. The zero-order valence-corrected chi connectivity index (χ0v) is 17.2. The van der Waals surface area contributed by atoms with Crippen LogP contribution in [0.5, 0.6) is 11.5 Å². The molecule has 1 atom stereocenters.